The van der Waals surface area contributed by atoms with Crippen molar-refractivity contribution in [3.05, 3.63) is 160 Å². The zero-order chi connectivity index (χ0) is 31.6. The van der Waals surface area contributed by atoms with E-state index in [4.69, 9.17) is 18.9 Å². The summed E-state index contributed by atoms with van der Waals surface area (Å²) < 4.78 is 22.2. The Bertz CT molecular complexity index is 1780. The summed E-state index contributed by atoms with van der Waals surface area (Å²) in [5.74, 6) is -0.561. The maximum absolute atomic E-state index is 12.7. The summed E-state index contributed by atoms with van der Waals surface area (Å²) in [7, 11) is 1.36. The van der Waals surface area contributed by atoms with Gasteiger partial charge in [0.15, 0.2) is 0 Å². The van der Waals surface area contributed by atoms with Crippen molar-refractivity contribution in [2.24, 2.45) is 0 Å². The molecule has 0 aliphatic heterocycles. The SMILES string of the molecule is COC(=O)c1ccc(-c2cccc(OCc3ccc(COC(=O)c4ccccc4)c(COC(=O)c4ccccc4)c3)c2C)cc1. The van der Waals surface area contributed by atoms with E-state index in [1.165, 1.54) is 7.11 Å². The first kappa shape index (κ1) is 30.8. The predicted octanol–water partition coefficient (Wildman–Crippen LogP) is 7.74. The molecule has 7 nitrogen and oxygen atoms in total. The molecule has 0 heterocycles. The maximum Gasteiger partial charge on any atom is 0.338 e. The lowest BCUT2D eigenvalue weighted by Crippen LogP contribution is -2.10. The van der Waals surface area contributed by atoms with Crippen LogP contribution in [-0.2, 0) is 34.0 Å². The van der Waals surface area contributed by atoms with Crippen molar-refractivity contribution in [3.8, 4) is 16.9 Å². The molecule has 5 aromatic carbocycles. The summed E-state index contributed by atoms with van der Waals surface area (Å²) >= 11 is 0. The number of ether oxygens (including phenoxy) is 4. The summed E-state index contributed by atoms with van der Waals surface area (Å²) in [5, 5.41) is 0. The summed E-state index contributed by atoms with van der Waals surface area (Å²) in [6, 6.07) is 36.3. The maximum atomic E-state index is 12.7. The molecule has 0 aliphatic rings. The van der Waals surface area contributed by atoms with Crippen LogP contribution in [0.25, 0.3) is 11.1 Å². The predicted molar refractivity (Wildman–Crippen MR) is 170 cm³/mol. The summed E-state index contributed by atoms with van der Waals surface area (Å²) in [5.41, 5.74) is 6.54. The Morgan fingerprint density at radius 3 is 1.73 bits per heavy atom. The Balaban J connectivity index is 1.32. The normalized spacial score (nSPS) is 10.5. The number of methoxy groups -OCH3 is 1. The molecule has 5 rings (SSSR count). The monoisotopic (exact) mass is 600 g/mol. The fourth-order valence-corrected chi connectivity index (χ4v) is 4.79. The number of rotatable bonds is 11. The molecule has 0 fully saturated rings. The first-order valence-electron chi connectivity index (χ1n) is 14.4. The van der Waals surface area contributed by atoms with Gasteiger partial charge in [0.25, 0.3) is 0 Å². The molecule has 7 heteroatoms. The van der Waals surface area contributed by atoms with Crippen LogP contribution in [-0.4, -0.2) is 25.0 Å². The highest BCUT2D eigenvalue weighted by Gasteiger charge is 2.14. The van der Waals surface area contributed by atoms with Crippen LogP contribution in [0.3, 0.4) is 0 Å². The van der Waals surface area contributed by atoms with Gasteiger partial charge in [0.1, 0.15) is 25.6 Å². The van der Waals surface area contributed by atoms with E-state index in [-0.39, 0.29) is 25.8 Å². The minimum absolute atomic E-state index is 0.00410. The van der Waals surface area contributed by atoms with Crippen LogP contribution in [0.1, 0.15) is 53.3 Å². The van der Waals surface area contributed by atoms with E-state index >= 15 is 0 Å². The van der Waals surface area contributed by atoms with Gasteiger partial charge in [-0.2, -0.15) is 0 Å². The Morgan fingerprint density at radius 1 is 0.556 bits per heavy atom. The van der Waals surface area contributed by atoms with Crippen molar-refractivity contribution in [1.82, 2.24) is 0 Å². The molecule has 0 saturated heterocycles. The van der Waals surface area contributed by atoms with E-state index in [1.54, 1.807) is 60.7 Å². The Hall–Kier alpha value is -5.69. The quantitative estimate of drug-likeness (QED) is 0.113. The number of hydrogen-bond acceptors (Lipinski definition) is 7. The van der Waals surface area contributed by atoms with Gasteiger partial charge in [-0.25, -0.2) is 14.4 Å². The van der Waals surface area contributed by atoms with Gasteiger partial charge >= 0.3 is 17.9 Å². The van der Waals surface area contributed by atoms with Gasteiger partial charge in [-0.05, 0) is 88.8 Å². The molecular formula is C38H32O7. The lowest BCUT2D eigenvalue weighted by Gasteiger charge is -2.16. The molecule has 0 aliphatic carbocycles. The molecular weight excluding hydrogens is 568 g/mol. The van der Waals surface area contributed by atoms with Crippen molar-refractivity contribution >= 4 is 17.9 Å². The van der Waals surface area contributed by atoms with E-state index in [0.717, 1.165) is 27.8 Å². The van der Waals surface area contributed by atoms with Crippen LogP contribution in [0.15, 0.2) is 121 Å². The van der Waals surface area contributed by atoms with E-state index in [9.17, 15) is 14.4 Å². The van der Waals surface area contributed by atoms with E-state index in [1.807, 2.05) is 67.6 Å². The van der Waals surface area contributed by atoms with Gasteiger partial charge in [0.2, 0.25) is 0 Å². The van der Waals surface area contributed by atoms with Gasteiger partial charge in [0.05, 0.1) is 23.8 Å². The van der Waals surface area contributed by atoms with Crippen LogP contribution in [0.2, 0.25) is 0 Å². The number of esters is 3. The molecule has 0 bridgehead atoms. The first-order chi connectivity index (χ1) is 21.9. The molecule has 226 valence electrons. The Morgan fingerprint density at radius 2 is 1.13 bits per heavy atom. The summed E-state index contributed by atoms with van der Waals surface area (Å²) in [6.45, 7) is 2.26. The summed E-state index contributed by atoms with van der Waals surface area (Å²) in [6.07, 6.45) is 0. The number of benzene rings is 5. The minimum Gasteiger partial charge on any atom is -0.489 e. The fourth-order valence-electron chi connectivity index (χ4n) is 4.79. The van der Waals surface area contributed by atoms with Crippen molar-refractivity contribution in [2.75, 3.05) is 7.11 Å². The smallest absolute Gasteiger partial charge is 0.338 e. The van der Waals surface area contributed by atoms with Crippen LogP contribution in [0, 0.1) is 6.92 Å². The topological polar surface area (TPSA) is 88.1 Å². The molecule has 0 amide bonds. The second kappa shape index (κ2) is 14.7. The van der Waals surface area contributed by atoms with Gasteiger partial charge in [-0.1, -0.05) is 72.8 Å². The second-order valence-electron chi connectivity index (χ2n) is 10.3. The Labute approximate surface area is 262 Å². The van der Waals surface area contributed by atoms with Crippen molar-refractivity contribution in [2.45, 2.75) is 26.7 Å². The largest absolute Gasteiger partial charge is 0.489 e. The van der Waals surface area contributed by atoms with Crippen LogP contribution in [0.5, 0.6) is 5.75 Å². The summed E-state index contributed by atoms with van der Waals surface area (Å²) in [4.78, 5) is 37.1. The average molecular weight is 601 g/mol. The molecule has 0 unspecified atom stereocenters. The van der Waals surface area contributed by atoms with Gasteiger partial charge in [0, 0.05) is 0 Å². The average Bonchev–Trinajstić information content (AvgIpc) is 3.10. The lowest BCUT2D eigenvalue weighted by molar-refractivity contribution is 0.0435. The Kier molecular flexibility index (Phi) is 10.0. The molecule has 0 N–H and O–H groups in total. The number of carbonyl (C=O) groups is 3. The van der Waals surface area contributed by atoms with Crippen molar-refractivity contribution < 1.29 is 33.3 Å². The van der Waals surface area contributed by atoms with Crippen LogP contribution >= 0.6 is 0 Å². The zero-order valence-corrected chi connectivity index (χ0v) is 25.0. The highest BCUT2D eigenvalue weighted by molar-refractivity contribution is 5.90. The van der Waals surface area contributed by atoms with Gasteiger partial charge in [-0.15, -0.1) is 0 Å². The molecule has 0 saturated carbocycles. The molecule has 0 atom stereocenters. The fraction of sp³-hybridized carbons (Fsp3) is 0.132. The van der Waals surface area contributed by atoms with Crippen LogP contribution < -0.4 is 4.74 Å². The molecule has 0 aromatic heterocycles. The third kappa shape index (κ3) is 7.83. The number of hydrogen-bond donors (Lipinski definition) is 0. The van der Waals surface area contributed by atoms with Crippen molar-refractivity contribution in [1.29, 1.82) is 0 Å². The highest BCUT2D eigenvalue weighted by Crippen LogP contribution is 2.31. The van der Waals surface area contributed by atoms with E-state index < -0.39 is 11.9 Å². The third-order valence-electron chi connectivity index (χ3n) is 7.30. The zero-order valence-electron chi connectivity index (χ0n) is 25.0. The second-order valence-corrected chi connectivity index (χ2v) is 10.3. The van der Waals surface area contributed by atoms with E-state index in [0.29, 0.717) is 28.0 Å². The highest BCUT2D eigenvalue weighted by atomic mass is 16.5. The molecule has 5 aromatic rings. The first-order valence-corrected chi connectivity index (χ1v) is 14.4. The third-order valence-corrected chi connectivity index (χ3v) is 7.30. The molecule has 0 spiro atoms. The van der Waals surface area contributed by atoms with Gasteiger partial charge in [-0.3, -0.25) is 0 Å². The molecule has 45 heavy (non-hydrogen) atoms. The lowest BCUT2D eigenvalue weighted by atomic mass is 9.99. The van der Waals surface area contributed by atoms with E-state index in [2.05, 4.69) is 0 Å². The van der Waals surface area contributed by atoms with Crippen LogP contribution in [0.4, 0.5) is 0 Å². The van der Waals surface area contributed by atoms with Gasteiger partial charge < -0.3 is 18.9 Å². The molecule has 0 radical (unpaired) electrons. The van der Waals surface area contributed by atoms with Crippen molar-refractivity contribution in [3.63, 3.8) is 0 Å². The number of carbonyl (C=O) groups excluding carboxylic acids is 3. The standard InChI is InChI=1S/C38H32O7/c1-26-34(28-18-20-31(21-19-28)36(39)42-2)14-9-15-35(26)43-23-27-16-17-32(24-44-37(40)29-10-5-3-6-11-29)33(22-27)25-45-38(41)30-12-7-4-8-13-30/h3-22H,23-25H2,1-2H3. The minimum atomic E-state index is -0.448.